The van der Waals surface area contributed by atoms with Gasteiger partial charge in [-0.15, -0.1) is 0 Å². The van der Waals surface area contributed by atoms with Gasteiger partial charge in [-0.05, 0) is 11.3 Å². The molecule has 0 aromatic heterocycles. The molecule has 0 aliphatic carbocycles. The zero-order valence-electron chi connectivity index (χ0n) is 9.23. The standard InChI is InChI=1S/C9H22B2/c1-6(2)9(4,5)7(3)8(10)11/h6-8H,10-11H2,1-5H3. The molecule has 0 heterocycles. The van der Waals surface area contributed by atoms with Crippen molar-refractivity contribution in [2.45, 2.75) is 40.3 Å². The Labute approximate surface area is 74.0 Å². The van der Waals surface area contributed by atoms with E-state index in [9.17, 15) is 0 Å². The van der Waals surface area contributed by atoms with E-state index in [-0.39, 0.29) is 0 Å². The molecule has 0 aliphatic heterocycles. The first kappa shape index (κ1) is 11.1. The minimum Gasteiger partial charge on any atom is -0.0929 e. The summed E-state index contributed by atoms with van der Waals surface area (Å²) in [5.74, 6) is 1.59. The maximum absolute atomic E-state index is 2.38. The SMILES string of the molecule is BC(B)C(C)C(C)(C)C(C)C. The van der Waals surface area contributed by atoms with Gasteiger partial charge in [-0.1, -0.05) is 46.3 Å². The predicted octanol–water partition coefficient (Wildman–Crippen LogP) is 1.32. The van der Waals surface area contributed by atoms with E-state index in [1.54, 1.807) is 0 Å². The molecule has 64 valence electrons. The molecule has 0 nitrogen and oxygen atoms in total. The largest absolute Gasteiger partial charge is 0.0960 e. The van der Waals surface area contributed by atoms with Crippen LogP contribution < -0.4 is 0 Å². The second-order valence-electron chi connectivity index (χ2n) is 5.01. The summed E-state index contributed by atoms with van der Waals surface area (Å²) in [6.07, 6.45) is 0. The Morgan fingerprint density at radius 2 is 1.36 bits per heavy atom. The Balaban J connectivity index is 4.29. The molecule has 0 radical (unpaired) electrons. The molecule has 0 spiro atoms. The molecule has 0 rings (SSSR count). The van der Waals surface area contributed by atoms with E-state index in [1.807, 2.05) is 0 Å². The summed E-state index contributed by atoms with van der Waals surface area (Å²) < 4.78 is 0. The van der Waals surface area contributed by atoms with Gasteiger partial charge in [0.05, 0.1) is 15.7 Å². The molecule has 0 bridgehead atoms. The maximum atomic E-state index is 2.38. The summed E-state index contributed by atoms with van der Waals surface area (Å²) in [6, 6.07) is 0. The van der Waals surface area contributed by atoms with Gasteiger partial charge in [0.2, 0.25) is 0 Å². The molecule has 0 saturated heterocycles. The van der Waals surface area contributed by atoms with E-state index < -0.39 is 0 Å². The molecule has 11 heavy (non-hydrogen) atoms. The van der Waals surface area contributed by atoms with Gasteiger partial charge in [0.25, 0.3) is 0 Å². The highest BCUT2D eigenvalue weighted by Crippen LogP contribution is 2.38. The summed E-state index contributed by atoms with van der Waals surface area (Å²) in [5, 5.41) is 0. The Morgan fingerprint density at radius 1 is 1.00 bits per heavy atom. The molecule has 0 aliphatic rings. The first-order valence-corrected chi connectivity index (χ1v) is 4.80. The van der Waals surface area contributed by atoms with Crippen LogP contribution in [0.4, 0.5) is 0 Å². The lowest BCUT2D eigenvalue weighted by atomic mass is 9.54. The van der Waals surface area contributed by atoms with Crippen LogP contribution in [0.1, 0.15) is 34.6 Å². The van der Waals surface area contributed by atoms with Crippen LogP contribution in [0.3, 0.4) is 0 Å². The quantitative estimate of drug-likeness (QED) is 0.534. The van der Waals surface area contributed by atoms with Crippen LogP contribution in [0.5, 0.6) is 0 Å². The molecule has 0 fully saturated rings. The number of hydrogen-bond acceptors (Lipinski definition) is 0. The van der Waals surface area contributed by atoms with E-state index in [0.717, 1.165) is 17.6 Å². The molecule has 2 heteroatoms. The summed E-state index contributed by atoms with van der Waals surface area (Å²) in [5.41, 5.74) is 1.28. The summed E-state index contributed by atoms with van der Waals surface area (Å²) in [7, 11) is 4.63. The highest BCUT2D eigenvalue weighted by molar-refractivity contribution is 6.35. The average molecular weight is 152 g/mol. The van der Waals surface area contributed by atoms with Crippen molar-refractivity contribution in [1.82, 2.24) is 0 Å². The van der Waals surface area contributed by atoms with Crippen molar-refractivity contribution < 1.29 is 0 Å². The van der Waals surface area contributed by atoms with Gasteiger partial charge in [-0.2, -0.15) is 0 Å². The molecule has 0 amide bonds. The van der Waals surface area contributed by atoms with E-state index in [4.69, 9.17) is 0 Å². The molecule has 1 atom stereocenters. The Morgan fingerprint density at radius 3 is 1.45 bits per heavy atom. The van der Waals surface area contributed by atoms with Crippen LogP contribution in [-0.4, -0.2) is 15.7 Å². The normalized spacial score (nSPS) is 15.9. The summed E-state index contributed by atoms with van der Waals surface area (Å²) in [4.78, 5) is 0. The lowest BCUT2D eigenvalue weighted by Gasteiger charge is -2.38. The van der Waals surface area contributed by atoms with Gasteiger partial charge < -0.3 is 0 Å². The topological polar surface area (TPSA) is 0 Å². The van der Waals surface area contributed by atoms with E-state index in [2.05, 4.69) is 50.3 Å². The van der Waals surface area contributed by atoms with Crippen LogP contribution in [0.15, 0.2) is 0 Å². The first-order chi connectivity index (χ1) is 4.80. The molecule has 0 aromatic carbocycles. The second-order valence-corrected chi connectivity index (χ2v) is 5.01. The fourth-order valence-corrected chi connectivity index (χ4v) is 1.38. The molecule has 0 aromatic rings. The Kier molecular flexibility index (Phi) is 3.73. The van der Waals surface area contributed by atoms with E-state index >= 15 is 0 Å². The Bertz CT molecular complexity index is 117. The third-order valence-electron chi connectivity index (χ3n) is 3.66. The van der Waals surface area contributed by atoms with Crippen molar-refractivity contribution in [3.05, 3.63) is 0 Å². The van der Waals surface area contributed by atoms with Crippen molar-refractivity contribution in [2.24, 2.45) is 17.3 Å². The smallest absolute Gasteiger partial charge is 0.0929 e. The van der Waals surface area contributed by atoms with Crippen molar-refractivity contribution in [1.29, 1.82) is 0 Å². The second kappa shape index (κ2) is 3.69. The van der Waals surface area contributed by atoms with Crippen molar-refractivity contribution in [3.8, 4) is 0 Å². The zero-order valence-corrected chi connectivity index (χ0v) is 9.23. The maximum Gasteiger partial charge on any atom is 0.0960 e. The van der Waals surface area contributed by atoms with Crippen molar-refractivity contribution >= 4 is 15.7 Å². The highest BCUT2D eigenvalue weighted by Gasteiger charge is 2.30. The van der Waals surface area contributed by atoms with Gasteiger partial charge in [-0.3, -0.25) is 0 Å². The summed E-state index contributed by atoms with van der Waals surface area (Å²) in [6.45, 7) is 11.8. The van der Waals surface area contributed by atoms with Gasteiger partial charge in [0.15, 0.2) is 0 Å². The van der Waals surface area contributed by atoms with Gasteiger partial charge in [0, 0.05) is 0 Å². The fourth-order valence-electron chi connectivity index (χ4n) is 1.38. The van der Waals surface area contributed by atoms with E-state index in [0.29, 0.717) is 5.41 Å². The first-order valence-electron chi connectivity index (χ1n) is 4.80. The van der Waals surface area contributed by atoms with Crippen LogP contribution in [0, 0.1) is 17.3 Å². The van der Waals surface area contributed by atoms with Crippen LogP contribution in [0.2, 0.25) is 5.72 Å². The lowest BCUT2D eigenvalue weighted by molar-refractivity contribution is 0.159. The molecule has 0 N–H and O–H groups in total. The minimum absolute atomic E-state index is 0.480. The van der Waals surface area contributed by atoms with Crippen molar-refractivity contribution in [3.63, 3.8) is 0 Å². The van der Waals surface area contributed by atoms with Crippen molar-refractivity contribution in [2.75, 3.05) is 0 Å². The summed E-state index contributed by atoms with van der Waals surface area (Å²) >= 11 is 0. The molecular formula is C9H22B2. The molecule has 1 unspecified atom stereocenters. The van der Waals surface area contributed by atoms with Crippen LogP contribution in [-0.2, 0) is 0 Å². The minimum atomic E-state index is 0.480. The molecule has 0 saturated carbocycles. The molecular weight excluding hydrogens is 130 g/mol. The van der Waals surface area contributed by atoms with E-state index in [1.165, 1.54) is 0 Å². The van der Waals surface area contributed by atoms with Crippen LogP contribution >= 0.6 is 0 Å². The third-order valence-corrected chi connectivity index (χ3v) is 3.66. The zero-order chi connectivity index (χ0) is 9.23. The Hall–Kier alpha value is 0.130. The highest BCUT2D eigenvalue weighted by atomic mass is 14.3. The average Bonchev–Trinajstić information content (AvgIpc) is 1.85. The third kappa shape index (κ3) is 2.57. The van der Waals surface area contributed by atoms with Gasteiger partial charge in [-0.25, -0.2) is 0 Å². The fraction of sp³-hybridized carbons (Fsp3) is 1.00. The van der Waals surface area contributed by atoms with Crippen LogP contribution in [0.25, 0.3) is 0 Å². The van der Waals surface area contributed by atoms with Gasteiger partial charge >= 0.3 is 0 Å². The number of hydrogen-bond donors (Lipinski definition) is 0. The monoisotopic (exact) mass is 152 g/mol. The lowest BCUT2D eigenvalue weighted by Crippen LogP contribution is -2.30. The number of rotatable bonds is 3. The predicted molar refractivity (Wildman–Crippen MR) is 58.6 cm³/mol. The van der Waals surface area contributed by atoms with Gasteiger partial charge in [0.1, 0.15) is 0 Å².